The lowest BCUT2D eigenvalue weighted by molar-refractivity contribution is -0.115. The number of aryl methyl sites for hydroxylation is 4. The van der Waals surface area contributed by atoms with E-state index in [4.69, 9.17) is 32.7 Å². The van der Waals surface area contributed by atoms with Gasteiger partial charge in [-0.15, -0.1) is 0 Å². The van der Waals surface area contributed by atoms with Gasteiger partial charge in [-0.25, -0.2) is 0 Å². The van der Waals surface area contributed by atoms with Crippen LogP contribution in [0.25, 0.3) is 10.8 Å². The summed E-state index contributed by atoms with van der Waals surface area (Å²) in [5.74, 6) is 2.31. The second kappa shape index (κ2) is 10.7. The van der Waals surface area contributed by atoms with E-state index >= 15 is 0 Å². The highest BCUT2D eigenvalue weighted by atomic mass is 35.5. The highest BCUT2D eigenvalue weighted by molar-refractivity contribution is 6.32. The molecule has 0 radical (unpaired) electrons. The van der Waals surface area contributed by atoms with Gasteiger partial charge in [0.2, 0.25) is 11.8 Å². The van der Waals surface area contributed by atoms with Crippen LogP contribution < -0.4 is 20.1 Å². The maximum Gasteiger partial charge on any atom is 0.221 e. The normalized spacial score (nSPS) is 13.6. The van der Waals surface area contributed by atoms with E-state index in [-0.39, 0.29) is 11.8 Å². The third kappa shape index (κ3) is 5.09. The molecule has 0 saturated heterocycles. The van der Waals surface area contributed by atoms with E-state index in [1.807, 2.05) is 0 Å². The Morgan fingerprint density at radius 2 is 1.05 bits per heavy atom. The lowest BCUT2D eigenvalue weighted by Gasteiger charge is -2.28. The Kier molecular flexibility index (Phi) is 7.07. The summed E-state index contributed by atoms with van der Waals surface area (Å²) < 4.78 is 13.0. The predicted octanol–water partition coefficient (Wildman–Crippen LogP) is 8.63. The largest absolute Gasteiger partial charge is 0.455 e. The first-order valence-electron chi connectivity index (χ1n) is 13.4. The zero-order valence-corrected chi connectivity index (χ0v) is 23.8. The van der Waals surface area contributed by atoms with Crippen molar-refractivity contribution in [2.75, 3.05) is 10.6 Å². The third-order valence-electron chi connectivity index (χ3n) is 7.39. The van der Waals surface area contributed by atoms with Crippen molar-refractivity contribution >= 4 is 57.2 Å². The molecule has 8 heteroatoms. The zero-order valence-electron chi connectivity index (χ0n) is 22.3. The molecule has 40 heavy (non-hydrogen) atoms. The quantitative estimate of drug-likeness (QED) is 0.241. The Morgan fingerprint density at radius 3 is 1.45 bits per heavy atom. The number of amides is 2. The fraction of sp³-hybridized carbons (Fsp3) is 0.250. The van der Waals surface area contributed by atoms with Gasteiger partial charge in [-0.1, -0.05) is 23.2 Å². The molecule has 0 aromatic heterocycles. The summed E-state index contributed by atoms with van der Waals surface area (Å²) in [5.41, 5.74) is 6.04. The van der Waals surface area contributed by atoms with Crippen LogP contribution in [0, 0.1) is 0 Å². The molecular formula is C32H28Cl2N2O4. The van der Waals surface area contributed by atoms with Gasteiger partial charge in [-0.3, -0.25) is 9.59 Å². The summed E-state index contributed by atoms with van der Waals surface area (Å²) in [6, 6.07) is 14.8. The Hall–Kier alpha value is -3.74. The van der Waals surface area contributed by atoms with Crippen molar-refractivity contribution < 1.29 is 19.1 Å². The van der Waals surface area contributed by atoms with Crippen LogP contribution in [0.1, 0.15) is 48.9 Å². The van der Waals surface area contributed by atoms with Gasteiger partial charge < -0.3 is 20.1 Å². The third-order valence-corrected chi connectivity index (χ3v) is 8.01. The number of anilines is 2. The topological polar surface area (TPSA) is 76.7 Å². The maximum atomic E-state index is 11.6. The molecule has 2 N–H and O–H groups in total. The van der Waals surface area contributed by atoms with Gasteiger partial charge in [-0.05, 0) is 96.8 Å². The van der Waals surface area contributed by atoms with Gasteiger partial charge in [0.25, 0.3) is 0 Å². The average molecular weight is 575 g/mol. The minimum absolute atomic E-state index is 0.156. The SMILES string of the molecule is CC(=O)Nc1ccc(Cl)c(Oc2cc3c4c(c(Oc5cc(NC(C)=O)ccc5Cl)cc5c4c2CCC5)CCC3)c1. The van der Waals surface area contributed by atoms with Crippen LogP contribution in [-0.4, -0.2) is 11.8 Å². The minimum Gasteiger partial charge on any atom is -0.455 e. The number of ether oxygens (including phenoxy) is 2. The molecular weight excluding hydrogens is 547 g/mol. The highest BCUT2D eigenvalue weighted by Crippen LogP contribution is 2.48. The lowest BCUT2D eigenvalue weighted by Crippen LogP contribution is -2.11. The monoisotopic (exact) mass is 574 g/mol. The molecule has 4 aromatic rings. The molecule has 4 aromatic carbocycles. The van der Waals surface area contributed by atoms with Gasteiger partial charge in [0.15, 0.2) is 0 Å². The van der Waals surface area contributed by atoms with E-state index < -0.39 is 0 Å². The number of benzene rings is 4. The van der Waals surface area contributed by atoms with Crippen LogP contribution in [0.4, 0.5) is 11.4 Å². The van der Waals surface area contributed by atoms with E-state index in [1.54, 1.807) is 36.4 Å². The molecule has 0 saturated carbocycles. The summed E-state index contributed by atoms with van der Waals surface area (Å²) in [4.78, 5) is 23.2. The van der Waals surface area contributed by atoms with Gasteiger partial charge in [-0.2, -0.15) is 0 Å². The predicted molar refractivity (Wildman–Crippen MR) is 160 cm³/mol. The second-order valence-corrected chi connectivity index (χ2v) is 11.2. The van der Waals surface area contributed by atoms with E-state index in [1.165, 1.54) is 46.9 Å². The lowest BCUT2D eigenvalue weighted by atomic mass is 9.79. The summed E-state index contributed by atoms with van der Waals surface area (Å²) in [6.45, 7) is 2.94. The smallest absolute Gasteiger partial charge is 0.221 e. The van der Waals surface area contributed by atoms with Crippen LogP contribution in [0.2, 0.25) is 10.0 Å². The van der Waals surface area contributed by atoms with Crippen molar-refractivity contribution in [2.24, 2.45) is 0 Å². The van der Waals surface area contributed by atoms with E-state index in [2.05, 4.69) is 22.8 Å². The van der Waals surface area contributed by atoms with Gasteiger partial charge >= 0.3 is 0 Å². The Bertz CT molecular complexity index is 1570. The number of halogens is 2. The molecule has 0 unspecified atom stereocenters. The maximum absolute atomic E-state index is 11.6. The van der Waals surface area contributed by atoms with Crippen molar-refractivity contribution in [3.8, 4) is 23.0 Å². The Balaban J connectivity index is 1.45. The summed E-state index contributed by atoms with van der Waals surface area (Å²) in [6.07, 6.45) is 5.62. The van der Waals surface area contributed by atoms with Crippen LogP contribution in [0.5, 0.6) is 23.0 Å². The van der Waals surface area contributed by atoms with Crippen LogP contribution in [0.3, 0.4) is 0 Å². The Morgan fingerprint density at radius 1 is 0.625 bits per heavy atom. The number of hydrogen-bond acceptors (Lipinski definition) is 4. The number of nitrogens with one attached hydrogen (secondary N) is 2. The second-order valence-electron chi connectivity index (χ2n) is 10.3. The summed E-state index contributed by atoms with van der Waals surface area (Å²) in [7, 11) is 0. The molecule has 6 rings (SSSR count). The van der Waals surface area contributed by atoms with Gasteiger partial charge in [0.05, 0.1) is 10.0 Å². The molecule has 0 aliphatic heterocycles. The van der Waals surface area contributed by atoms with Crippen molar-refractivity contribution in [3.05, 3.63) is 80.8 Å². The molecule has 6 nitrogen and oxygen atoms in total. The molecule has 0 spiro atoms. The zero-order chi connectivity index (χ0) is 28.0. The fourth-order valence-electron chi connectivity index (χ4n) is 5.84. The molecule has 2 aliphatic rings. The van der Waals surface area contributed by atoms with E-state index in [0.717, 1.165) is 50.0 Å². The van der Waals surface area contributed by atoms with Crippen LogP contribution >= 0.6 is 23.2 Å². The molecule has 0 atom stereocenters. The van der Waals surface area contributed by atoms with Gasteiger partial charge in [0, 0.05) is 48.5 Å². The van der Waals surface area contributed by atoms with Crippen molar-refractivity contribution in [1.82, 2.24) is 0 Å². The first kappa shape index (κ1) is 26.5. The van der Waals surface area contributed by atoms with Crippen LogP contribution in [-0.2, 0) is 35.3 Å². The average Bonchev–Trinajstić information content (AvgIpc) is 2.91. The van der Waals surface area contributed by atoms with Crippen molar-refractivity contribution in [2.45, 2.75) is 52.4 Å². The molecule has 2 amide bonds. The number of carbonyl (C=O) groups excluding carboxylic acids is 2. The number of hydrogen-bond donors (Lipinski definition) is 2. The number of carbonyl (C=O) groups is 2. The first-order valence-corrected chi connectivity index (χ1v) is 14.2. The highest BCUT2D eigenvalue weighted by Gasteiger charge is 2.27. The standard InChI is InChI=1S/C32H28Cl2N2O4/c1-17(37)35-21-9-11-25(33)29(15-21)39-27-13-19-5-4-8-24-28(14-20-6-3-7-23(27)31(20)32(19)24)40-30-16-22(36-18(2)38)10-12-26(30)34/h9-16H,3-8H2,1-2H3,(H,35,37)(H,36,38). The summed E-state index contributed by atoms with van der Waals surface area (Å²) >= 11 is 13.0. The molecule has 0 heterocycles. The van der Waals surface area contributed by atoms with Crippen molar-refractivity contribution in [1.29, 1.82) is 0 Å². The minimum atomic E-state index is -0.156. The fourth-order valence-corrected chi connectivity index (χ4v) is 6.15. The molecule has 0 bridgehead atoms. The molecule has 0 fully saturated rings. The summed E-state index contributed by atoms with van der Waals surface area (Å²) in [5, 5.41) is 9.04. The van der Waals surface area contributed by atoms with Gasteiger partial charge in [0.1, 0.15) is 23.0 Å². The molecule has 2 aliphatic carbocycles. The number of rotatable bonds is 6. The van der Waals surface area contributed by atoms with Crippen molar-refractivity contribution in [3.63, 3.8) is 0 Å². The van der Waals surface area contributed by atoms with E-state index in [0.29, 0.717) is 32.9 Å². The van der Waals surface area contributed by atoms with Crippen LogP contribution in [0.15, 0.2) is 48.5 Å². The Labute approximate surface area is 242 Å². The first-order chi connectivity index (χ1) is 19.3. The van der Waals surface area contributed by atoms with E-state index in [9.17, 15) is 9.59 Å². The molecule has 204 valence electrons.